The van der Waals surface area contributed by atoms with Crippen molar-refractivity contribution in [2.24, 2.45) is 0 Å². The van der Waals surface area contributed by atoms with Gasteiger partial charge in [0.15, 0.2) is 0 Å². The summed E-state index contributed by atoms with van der Waals surface area (Å²) in [5.74, 6) is -0.155. The summed E-state index contributed by atoms with van der Waals surface area (Å²) in [6.45, 7) is 0. The fourth-order valence-corrected chi connectivity index (χ4v) is 3.22. The molecule has 0 aliphatic rings. The number of rotatable bonds is 2. The molecule has 2 aromatic heterocycles. The summed E-state index contributed by atoms with van der Waals surface area (Å²) >= 11 is 3.03. The molecule has 0 radical (unpaired) electrons. The first kappa shape index (κ1) is 11.3. The molecule has 0 spiro atoms. The number of nitrogens with one attached hydrogen (secondary N) is 1. The van der Waals surface area contributed by atoms with Crippen molar-refractivity contribution < 1.29 is 4.79 Å². The third-order valence-electron chi connectivity index (χ3n) is 2.61. The number of benzene rings is 1. The van der Waals surface area contributed by atoms with E-state index in [0.29, 0.717) is 10.6 Å². The highest BCUT2D eigenvalue weighted by Crippen LogP contribution is 2.25. The lowest BCUT2D eigenvalue weighted by Gasteiger charge is -2.04. The number of nitrogens with two attached hydrogens (primary N) is 1. The third kappa shape index (κ3) is 1.98. The molecular weight excluding hydrogens is 264 g/mol. The molecule has 18 heavy (non-hydrogen) atoms. The maximum Gasteiger partial charge on any atom is 0.267 e. The van der Waals surface area contributed by atoms with Gasteiger partial charge in [-0.3, -0.25) is 4.79 Å². The highest BCUT2D eigenvalue weighted by atomic mass is 32.1. The second kappa shape index (κ2) is 4.44. The lowest BCUT2D eigenvalue weighted by molar-refractivity contribution is 0.103. The highest BCUT2D eigenvalue weighted by molar-refractivity contribution is 7.17. The van der Waals surface area contributed by atoms with Crippen LogP contribution >= 0.6 is 22.7 Å². The number of thiophene rings is 2. The van der Waals surface area contributed by atoms with Gasteiger partial charge in [0, 0.05) is 10.4 Å². The van der Waals surface area contributed by atoms with E-state index in [1.165, 1.54) is 16.0 Å². The van der Waals surface area contributed by atoms with E-state index < -0.39 is 0 Å². The first-order valence-corrected chi connectivity index (χ1v) is 7.11. The van der Waals surface area contributed by atoms with Gasteiger partial charge in [-0.2, -0.15) is 0 Å². The van der Waals surface area contributed by atoms with Crippen LogP contribution in [0.25, 0.3) is 10.1 Å². The predicted octanol–water partition coefficient (Wildman–Crippen LogP) is 3.80. The average Bonchev–Trinajstić information content (AvgIpc) is 2.96. The van der Waals surface area contributed by atoms with E-state index in [4.69, 9.17) is 5.73 Å². The number of carbonyl (C=O) groups is 1. The van der Waals surface area contributed by atoms with Crippen molar-refractivity contribution >= 4 is 50.0 Å². The molecular formula is C13H10N2OS2. The maximum absolute atomic E-state index is 12.0. The number of hydrogen-bond acceptors (Lipinski definition) is 4. The smallest absolute Gasteiger partial charge is 0.267 e. The minimum Gasteiger partial charge on any atom is -0.397 e. The van der Waals surface area contributed by atoms with E-state index >= 15 is 0 Å². The van der Waals surface area contributed by atoms with Gasteiger partial charge in [0.25, 0.3) is 5.91 Å². The summed E-state index contributed by atoms with van der Waals surface area (Å²) in [4.78, 5) is 12.5. The summed E-state index contributed by atoms with van der Waals surface area (Å²) in [6.07, 6.45) is 0. The van der Waals surface area contributed by atoms with Crippen molar-refractivity contribution in [3.8, 4) is 0 Å². The molecule has 1 amide bonds. The molecule has 0 saturated heterocycles. The molecule has 3 nitrogen and oxygen atoms in total. The Morgan fingerprint density at radius 2 is 1.94 bits per heavy atom. The molecule has 0 bridgehead atoms. The fraction of sp³-hybridized carbons (Fsp3) is 0. The van der Waals surface area contributed by atoms with Crippen LogP contribution in [-0.2, 0) is 0 Å². The van der Waals surface area contributed by atoms with Gasteiger partial charge in [0.2, 0.25) is 0 Å². The monoisotopic (exact) mass is 274 g/mol. The molecule has 90 valence electrons. The summed E-state index contributed by atoms with van der Waals surface area (Å²) in [5, 5.41) is 7.85. The van der Waals surface area contributed by atoms with Gasteiger partial charge in [-0.15, -0.1) is 22.7 Å². The van der Waals surface area contributed by atoms with E-state index in [-0.39, 0.29) is 5.91 Å². The van der Waals surface area contributed by atoms with E-state index in [9.17, 15) is 4.79 Å². The molecule has 5 heteroatoms. The zero-order chi connectivity index (χ0) is 12.5. The number of anilines is 2. The Morgan fingerprint density at radius 3 is 2.72 bits per heavy atom. The number of nitrogen functional groups attached to an aromatic ring is 1. The molecule has 2 heterocycles. The Morgan fingerprint density at radius 1 is 1.11 bits per heavy atom. The van der Waals surface area contributed by atoms with E-state index in [1.807, 2.05) is 35.0 Å². The minimum atomic E-state index is -0.155. The molecule has 3 N–H and O–H groups in total. The van der Waals surface area contributed by atoms with Gasteiger partial charge in [-0.05, 0) is 46.5 Å². The molecule has 0 aliphatic heterocycles. The highest BCUT2D eigenvalue weighted by Gasteiger charge is 2.11. The minimum absolute atomic E-state index is 0.155. The van der Waals surface area contributed by atoms with Crippen LogP contribution in [-0.4, -0.2) is 5.91 Å². The van der Waals surface area contributed by atoms with Crippen molar-refractivity contribution in [2.45, 2.75) is 0 Å². The lowest BCUT2D eigenvalue weighted by Crippen LogP contribution is -2.11. The molecule has 3 aromatic rings. The Balaban J connectivity index is 1.88. The molecule has 0 unspecified atom stereocenters. The summed E-state index contributed by atoms with van der Waals surface area (Å²) in [7, 11) is 0. The van der Waals surface area contributed by atoms with Crippen molar-refractivity contribution in [1.29, 1.82) is 0 Å². The first-order valence-electron chi connectivity index (χ1n) is 5.35. The number of hydrogen-bond donors (Lipinski definition) is 2. The summed E-state index contributed by atoms with van der Waals surface area (Å²) in [6, 6.07) is 9.65. The Hall–Kier alpha value is -1.85. The second-order valence-corrected chi connectivity index (χ2v) is 5.70. The quantitative estimate of drug-likeness (QED) is 0.747. The number of fused-ring (bicyclic) bond motifs is 1. The van der Waals surface area contributed by atoms with Gasteiger partial charge in [0.05, 0.1) is 5.69 Å². The Bertz CT molecular complexity index is 714. The van der Waals surface area contributed by atoms with Gasteiger partial charge < -0.3 is 11.1 Å². The predicted molar refractivity (Wildman–Crippen MR) is 78.5 cm³/mol. The normalized spacial score (nSPS) is 10.7. The summed E-state index contributed by atoms with van der Waals surface area (Å²) in [5.41, 5.74) is 7.03. The summed E-state index contributed by atoms with van der Waals surface area (Å²) < 4.78 is 1.21. The van der Waals surface area contributed by atoms with Gasteiger partial charge in [-0.1, -0.05) is 0 Å². The van der Waals surface area contributed by atoms with Crippen LogP contribution in [0.15, 0.2) is 41.1 Å². The second-order valence-electron chi connectivity index (χ2n) is 3.83. The van der Waals surface area contributed by atoms with Crippen molar-refractivity contribution in [1.82, 2.24) is 0 Å². The first-order chi connectivity index (χ1) is 8.74. The third-order valence-corrected chi connectivity index (χ3v) is 4.44. The maximum atomic E-state index is 12.0. The Kier molecular flexibility index (Phi) is 2.77. The van der Waals surface area contributed by atoms with E-state index in [1.54, 1.807) is 17.4 Å². The molecule has 0 aliphatic carbocycles. The van der Waals surface area contributed by atoms with Gasteiger partial charge in [-0.25, -0.2) is 0 Å². The SMILES string of the molecule is Nc1ccsc1C(=O)Nc1ccc2sccc2c1. The zero-order valence-electron chi connectivity index (χ0n) is 9.34. The molecule has 0 saturated carbocycles. The Labute approximate surface area is 112 Å². The standard InChI is InChI=1S/C13H10N2OS2/c14-10-4-6-18-12(10)13(16)15-9-1-2-11-8(7-9)3-5-17-11/h1-7H,14H2,(H,15,16). The van der Waals surface area contributed by atoms with Crippen molar-refractivity contribution in [3.63, 3.8) is 0 Å². The van der Waals surface area contributed by atoms with Crippen LogP contribution in [0.3, 0.4) is 0 Å². The number of amides is 1. The fourth-order valence-electron chi connectivity index (χ4n) is 1.74. The number of carbonyl (C=O) groups excluding carboxylic acids is 1. The van der Waals surface area contributed by atoms with Crippen molar-refractivity contribution in [2.75, 3.05) is 11.1 Å². The van der Waals surface area contributed by atoms with Gasteiger partial charge >= 0.3 is 0 Å². The van der Waals surface area contributed by atoms with Crippen LogP contribution in [0.4, 0.5) is 11.4 Å². The topological polar surface area (TPSA) is 55.1 Å². The molecule has 0 atom stereocenters. The molecule has 3 rings (SSSR count). The van der Waals surface area contributed by atoms with Crippen LogP contribution in [0.2, 0.25) is 0 Å². The van der Waals surface area contributed by atoms with Crippen LogP contribution < -0.4 is 11.1 Å². The average molecular weight is 274 g/mol. The molecule has 1 aromatic carbocycles. The molecule has 0 fully saturated rings. The lowest BCUT2D eigenvalue weighted by atomic mass is 10.2. The zero-order valence-corrected chi connectivity index (χ0v) is 11.0. The van der Waals surface area contributed by atoms with E-state index in [0.717, 1.165) is 11.1 Å². The van der Waals surface area contributed by atoms with Crippen LogP contribution in [0.5, 0.6) is 0 Å². The van der Waals surface area contributed by atoms with Crippen LogP contribution in [0, 0.1) is 0 Å². The van der Waals surface area contributed by atoms with Gasteiger partial charge in [0.1, 0.15) is 4.88 Å². The van der Waals surface area contributed by atoms with Crippen molar-refractivity contribution in [3.05, 3.63) is 46.0 Å². The van der Waals surface area contributed by atoms with E-state index in [2.05, 4.69) is 5.32 Å². The van der Waals surface area contributed by atoms with Crippen LogP contribution in [0.1, 0.15) is 9.67 Å². The largest absolute Gasteiger partial charge is 0.397 e.